The molecule has 0 saturated carbocycles. The lowest BCUT2D eigenvalue weighted by Crippen LogP contribution is -2.32. The van der Waals surface area contributed by atoms with Gasteiger partial charge in [-0.3, -0.25) is 9.48 Å². The molecule has 0 unspecified atom stereocenters. The van der Waals surface area contributed by atoms with Gasteiger partial charge in [0, 0.05) is 18.0 Å². The fraction of sp³-hybridized carbons (Fsp3) is 0.412. The highest BCUT2D eigenvalue weighted by Gasteiger charge is 2.27. The third kappa shape index (κ3) is 3.14. The Labute approximate surface area is 139 Å². The van der Waals surface area contributed by atoms with E-state index in [0.717, 1.165) is 38.2 Å². The number of nitrogens with zero attached hydrogens (tertiary/aromatic N) is 2. The van der Waals surface area contributed by atoms with E-state index >= 15 is 0 Å². The summed E-state index contributed by atoms with van der Waals surface area (Å²) in [5.74, 6) is 0.104. The molecule has 0 bridgehead atoms. The van der Waals surface area contributed by atoms with Gasteiger partial charge in [0.1, 0.15) is 0 Å². The minimum atomic E-state index is -0.0190. The number of fused-ring (bicyclic) bond motifs is 2. The molecule has 3 heterocycles. The van der Waals surface area contributed by atoms with Gasteiger partial charge in [-0.15, -0.1) is 11.8 Å². The number of carbonyl (C=O) groups excluding carboxylic acids is 1. The van der Waals surface area contributed by atoms with E-state index in [1.165, 1.54) is 16.2 Å². The minimum Gasteiger partial charge on any atom is -0.349 e. The summed E-state index contributed by atoms with van der Waals surface area (Å²) in [5, 5.41) is 11.0. The number of nitrogens with one attached hydrogen (secondary N) is 2. The van der Waals surface area contributed by atoms with Crippen molar-refractivity contribution < 1.29 is 4.79 Å². The van der Waals surface area contributed by atoms with Crippen molar-refractivity contribution >= 4 is 17.7 Å². The zero-order valence-corrected chi connectivity index (χ0v) is 13.7. The maximum absolute atomic E-state index is 12.4. The molecule has 120 valence electrons. The molecule has 2 aliphatic heterocycles. The van der Waals surface area contributed by atoms with Crippen LogP contribution in [0.4, 0.5) is 0 Å². The van der Waals surface area contributed by atoms with Crippen molar-refractivity contribution in [3.63, 3.8) is 0 Å². The number of aromatic nitrogens is 2. The van der Waals surface area contributed by atoms with Crippen LogP contribution in [0, 0.1) is 0 Å². The Hall–Kier alpha value is -1.79. The Morgan fingerprint density at radius 2 is 2.35 bits per heavy atom. The smallest absolute Gasteiger partial charge is 0.234 e. The van der Waals surface area contributed by atoms with Crippen molar-refractivity contribution in [1.29, 1.82) is 0 Å². The normalized spacial score (nSPS) is 19.7. The Kier molecular flexibility index (Phi) is 4.10. The maximum Gasteiger partial charge on any atom is 0.234 e. The number of rotatable bonds is 3. The van der Waals surface area contributed by atoms with Gasteiger partial charge in [-0.2, -0.15) is 5.10 Å². The van der Waals surface area contributed by atoms with Gasteiger partial charge in [-0.05, 0) is 37.1 Å². The molecule has 4 rings (SSSR count). The summed E-state index contributed by atoms with van der Waals surface area (Å²) in [7, 11) is 0. The molecular weight excluding hydrogens is 308 g/mol. The molecule has 0 fully saturated rings. The monoisotopic (exact) mass is 328 g/mol. The lowest BCUT2D eigenvalue weighted by Gasteiger charge is -2.08. The van der Waals surface area contributed by atoms with E-state index in [1.54, 1.807) is 11.8 Å². The lowest BCUT2D eigenvalue weighted by atomic mass is 10.1. The molecule has 0 saturated heterocycles. The topological polar surface area (TPSA) is 59.0 Å². The first-order valence-electron chi connectivity index (χ1n) is 8.08. The van der Waals surface area contributed by atoms with Gasteiger partial charge in [-0.25, -0.2) is 0 Å². The Morgan fingerprint density at radius 1 is 1.43 bits per heavy atom. The second kappa shape index (κ2) is 6.37. The first-order valence-corrected chi connectivity index (χ1v) is 8.96. The van der Waals surface area contributed by atoms with Crippen LogP contribution >= 0.6 is 11.8 Å². The standard InChI is InChI=1S/C17H20N4OS/c22-17(16-8-12-4-1-2-5-15(12)23-16)19-10-13-9-14-11-18-6-3-7-21(14)20-13/h1-2,4-5,9,16,18H,3,6-8,10-11H2,(H,19,22)/t16-/m1/s1. The zero-order valence-electron chi connectivity index (χ0n) is 12.9. The highest BCUT2D eigenvalue weighted by molar-refractivity contribution is 8.01. The summed E-state index contributed by atoms with van der Waals surface area (Å²) in [6, 6.07) is 10.3. The van der Waals surface area contributed by atoms with Crippen molar-refractivity contribution in [2.75, 3.05) is 6.54 Å². The second-order valence-electron chi connectivity index (χ2n) is 6.02. The highest BCUT2D eigenvalue weighted by atomic mass is 32.2. The van der Waals surface area contributed by atoms with Crippen LogP contribution in [0.3, 0.4) is 0 Å². The van der Waals surface area contributed by atoms with Crippen molar-refractivity contribution in [2.24, 2.45) is 0 Å². The predicted molar refractivity (Wildman–Crippen MR) is 90.2 cm³/mol. The molecular formula is C17H20N4OS. The van der Waals surface area contributed by atoms with Crippen LogP contribution in [-0.4, -0.2) is 27.5 Å². The van der Waals surface area contributed by atoms with Crippen LogP contribution in [0.5, 0.6) is 0 Å². The Balaban J connectivity index is 1.36. The molecule has 23 heavy (non-hydrogen) atoms. The van der Waals surface area contributed by atoms with Gasteiger partial charge in [0.2, 0.25) is 5.91 Å². The molecule has 1 amide bonds. The summed E-state index contributed by atoms with van der Waals surface area (Å²) >= 11 is 1.66. The van der Waals surface area contributed by atoms with Gasteiger partial charge in [0.25, 0.3) is 0 Å². The summed E-state index contributed by atoms with van der Waals surface area (Å²) in [4.78, 5) is 13.6. The molecule has 2 N–H and O–H groups in total. The number of aryl methyl sites for hydroxylation is 1. The second-order valence-corrected chi connectivity index (χ2v) is 7.26. The largest absolute Gasteiger partial charge is 0.349 e. The van der Waals surface area contributed by atoms with Crippen molar-refractivity contribution in [1.82, 2.24) is 20.4 Å². The van der Waals surface area contributed by atoms with E-state index < -0.39 is 0 Å². The zero-order chi connectivity index (χ0) is 15.6. The predicted octanol–water partition coefficient (Wildman–Crippen LogP) is 1.71. The first-order chi connectivity index (χ1) is 11.3. The third-order valence-corrected chi connectivity index (χ3v) is 5.64. The number of carbonyl (C=O) groups is 1. The molecule has 6 heteroatoms. The Morgan fingerprint density at radius 3 is 3.26 bits per heavy atom. The van der Waals surface area contributed by atoms with E-state index in [-0.39, 0.29) is 11.2 Å². The van der Waals surface area contributed by atoms with E-state index in [1.807, 2.05) is 12.1 Å². The number of benzene rings is 1. The van der Waals surface area contributed by atoms with Crippen LogP contribution in [0.25, 0.3) is 0 Å². The lowest BCUT2D eigenvalue weighted by molar-refractivity contribution is -0.120. The van der Waals surface area contributed by atoms with Crippen molar-refractivity contribution in [3.8, 4) is 0 Å². The number of amides is 1. The molecule has 1 aromatic carbocycles. The van der Waals surface area contributed by atoms with Gasteiger partial charge >= 0.3 is 0 Å². The van der Waals surface area contributed by atoms with Crippen LogP contribution in [0.15, 0.2) is 35.2 Å². The van der Waals surface area contributed by atoms with Gasteiger partial charge < -0.3 is 10.6 Å². The molecule has 2 aliphatic rings. The summed E-state index contributed by atoms with van der Waals surface area (Å²) in [6.45, 7) is 3.35. The van der Waals surface area contributed by atoms with E-state index in [4.69, 9.17) is 0 Å². The molecule has 1 aromatic heterocycles. The quantitative estimate of drug-likeness (QED) is 0.900. The van der Waals surface area contributed by atoms with E-state index in [2.05, 4.69) is 38.6 Å². The fourth-order valence-electron chi connectivity index (χ4n) is 3.13. The number of hydrogen-bond donors (Lipinski definition) is 2. The highest BCUT2D eigenvalue weighted by Crippen LogP contribution is 2.36. The summed E-state index contributed by atoms with van der Waals surface area (Å²) in [6.07, 6.45) is 1.91. The molecule has 0 aliphatic carbocycles. The minimum absolute atomic E-state index is 0.0190. The maximum atomic E-state index is 12.4. The fourth-order valence-corrected chi connectivity index (χ4v) is 4.35. The first kappa shape index (κ1) is 14.8. The van der Waals surface area contributed by atoms with Crippen molar-refractivity contribution in [2.45, 2.75) is 42.6 Å². The summed E-state index contributed by atoms with van der Waals surface area (Å²) in [5.41, 5.74) is 3.42. The molecule has 0 radical (unpaired) electrons. The molecule has 5 nitrogen and oxygen atoms in total. The average molecular weight is 328 g/mol. The van der Waals surface area contributed by atoms with E-state index in [0.29, 0.717) is 6.54 Å². The van der Waals surface area contributed by atoms with Crippen molar-refractivity contribution in [3.05, 3.63) is 47.3 Å². The van der Waals surface area contributed by atoms with Gasteiger partial charge in [-0.1, -0.05) is 18.2 Å². The molecule has 0 spiro atoms. The third-order valence-electron chi connectivity index (χ3n) is 4.33. The van der Waals surface area contributed by atoms with Crippen LogP contribution < -0.4 is 10.6 Å². The summed E-state index contributed by atoms with van der Waals surface area (Å²) < 4.78 is 2.06. The van der Waals surface area contributed by atoms with E-state index in [9.17, 15) is 4.79 Å². The Bertz CT molecular complexity index is 679. The van der Waals surface area contributed by atoms with Gasteiger partial charge in [0.05, 0.1) is 23.2 Å². The molecule has 1 atom stereocenters. The van der Waals surface area contributed by atoms with Gasteiger partial charge in [0.15, 0.2) is 0 Å². The SMILES string of the molecule is O=C(NCc1cc2n(n1)CCCNC2)[C@H]1Cc2ccccc2S1. The van der Waals surface area contributed by atoms with Crippen LogP contribution in [-0.2, 0) is 30.8 Å². The average Bonchev–Trinajstić information content (AvgIpc) is 3.11. The van der Waals surface area contributed by atoms with Crippen LogP contribution in [0.2, 0.25) is 0 Å². The number of thioether (sulfide) groups is 1. The van der Waals surface area contributed by atoms with Crippen LogP contribution in [0.1, 0.15) is 23.4 Å². The number of hydrogen-bond acceptors (Lipinski definition) is 4. The molecule has 2 aromatic rings.